The van der Waals surface area contributed by atoms with Crippen LogP contribution in [0, 0.1) is 0 Å². The standard InChI is InChI=1S/C9H9N3O5/c13-6-2-1-4(7(14)12-6)10-9-11-5(3-17-9)8(15)16/h3-4H,1-2H2,(H,10,11)(H,15,16)(H,12,13,14). The predicted molar refractivity (Wildman–Crippen MR) is 53.3 cm³/mol. The van der Waals surface area contributed by atoms with Crippen LogP contribution in [0.1, 0.15) is 23.3 Å². The van der Waals surface area contributed by atoms with E-state index in [9.17, 15) is 14.4 Å². The molecule has 2 heterocycles. The normalized spacial score (nSPS) is 19.9. The smallest absolute Gasteiger partial charge is 0.357 e. The molecule has 90 valence electrons. The summed E-state index contributed by atoms with van der Waals surface area (Å²) in [4.78, 5) is 36.4. The molecular weight excluding hydrogens is 230 g/mol. The molecule has 0 aromatic carbocycles. The minimum atomic E-state index is -1.22. The van der Waals surface area contributed by atoms with Gasteiger partial charge in [-0.2, -0.15) is 4.98 Å². The van der Waals surface area contributed by atoms with Crippen LogP contribution in [-0.4, -0.2) is 33.9 Å². The minimum absolute atomic E-state index is 0.0584. The van der Waals surface area contributed by atoms with Crippen LogP contribution in [0.25, 0.3) is 0 Å². The highest BCUT2D eigenvalue weighted by Crippen LogP contribution is 2.13. The summed E-state index contributed by atoms with van der Waals surface area (Å²) >= 11 is 0. The van der Waals surface area contributed by atoms with Crippen molar-refractivity contribution in [3.63, 3.8) is 0 Å². The van der Waals surface area contributed by atoms with Crippen LogP contribution >= 0.6 is 0 Å². The van der Waals surface area contributed by atoms with Crippen molar-refractivity contribution in [2.24, 2.45) is 0 Å². The molecule has 8 nitrogen and oxygen atoms in total. The monoisotopic (exact) mass is 239 g/mol. The molecule has 2 amide bonds. The molecule has 1 atom stereocenters. The van der Waals surface area contributed by atoms with E-state index in [0.717, 1.165) is 6.26 Å². The van der Waals surface area contributed by atoms with Crippen LogP contribution in [0.3, 0.4) is 0 Å². The summed E-state index contributed by atoms with van der Waals surface area (Å²) < 4.78 is 4.84. The fourth-order valence-corrected chi connectivity index (χ4v) is 1.42. The molecule has 17 heavy (non-hydrogen) atoms. The van der Waals surface area contributed by atoms with Crippen molar-refractivity contribution in [2.45, 2.75) is 18.9 Å². The number of imide groups is 1. The molecule has 0 radical (unpaired) electrons. The maximum Gasteiger partial charge on any atom is 0.357 e. The maximum absolute atomic E-state index is 11.4. The van der Waals surface area contributed by atoms with Gasteiger partial charge in [0.25, 0.3) is 6.01 Å². The van der Waals surface area contributed by atoms with E-state index in [1.54, 1.807) is 0 Å². The lowest BCUT2D eigenvalue weighted by Gasteiger charge is -2.20. The van der Waals surface area contributed by atoms with Crippen LogP contribution in [0.15, 0.2) is 10.7 Å². The van der Waals surface area contributed by atoms with Crippen molar-refractivity contribution < 1.29 is 23.9 Å². The van der Waals surface area contributed by atoms with Gasteiger partial charge in [-0.25, -0.2) is 4.79 Å². The predicted octanol–water partition coefficient (Wildman–Crippen LogP) is -0.410. The van der Waals surface area contributed by atoms with Crippen molar-refractivity contribution in [1.82, 2.24) is 10.3 Å². The molecule has 2 rings (SSSR count). The van der Waals surface area contributed by atoms with Gasteiger partial charge in [-0.1, -0.05) is 0 Å². The number of oxazole rings is 1. The van der Waals surface area contributed by atoms with E-state index in [2.05, 4.69) is 15.6 Å². The topological polar surface area (TPSA) is 122 Å². The first-order chi connectivity index (χ1) is 8.06. The number of hydrogen-bond acceptors (Lipinski definition) is 6. The number of anilines is 1. The third-order valence-electron chi connectivity index (χ3n) is 2.26. The van der Waals surface area contributed by atoms with Crippen molar-refractivity contribution in [3.05, 3.63) is 12.0 Å². The largest absolute Gasteiger partial charge is 0.476 e. The Morgan fingerprint density at radius 2 is 2.35 bits per heavy atom. The second-order valence-electron chi connectivity index (χ2n) is 3.49. The first-order valence-electron chi connectivity index (χ1n) is 4.85. The molecule has 1 unspecified atom stereocenters. The van der Waals surface area contributed by atoms with Gasteiger partial charge >= 0.3 is 5.97 Å². The fourth-order valence-electron chi connectivity index (χ4n) is 1.42. The summed E-state index contributed by atoms with van der Waals surface area (Å²) in [6, 6.07) is -0.704. The Morgan fingerprint density at radius 1 is 1.59 bits per heavy atom. The van der Waals surface area contributed by atoms with Crippen LogP contribution in [0.2, 0.25) is 0 Å². The molecule has 1 aromatic heterocycles. The van der Waals surface area contributed by atoms with E-state index in [4.69, 9.17) is 9.52 Å². The van der Waals surface area contributed by atoms with Gasteiger partial charge in [0.2, 0.25) is 11.8 Å². The summed E-state index contributed by atoms with van der Waals surface area (Å²) in [7, 11) is 0. The van der Waals surface area contributed by atoms with Crippen LogP contribution in [0.5, 0.6) is 0 Å². The Labute approximate surface area is 95.0 Å². The zero-order valence-corrected chi connectivity index (χ0v) is 8.60. The Morgan fingerprint density at radius 3 is 2.94 bits per heavy atom. The molecule has 0 saturated carbocycles. The molecular formula is C9H9N3O5. The molecule has 0 aliphatic carbocycles. The Bertz CT molecular complexity index is 481. The molecule has 8 heteroatoms. The van der Waals surface area contributed by atoms with E-state index in [-0.39, 0.29) is 24.0 Å². The molecule has 1 saturated heterocycles. The summed E-state index contributed by atoms with van der Waals surface area (Å²) in [5.41, 5.74) is -0.250. The van der Waals surface area contributed by atoms with Gasteiger partial charge in [0.05, 0.1) is 0 Å². The second kappa shape index (κ2) is 4.24. The van der Waals surface area contributed by atoms with E-state index in [1.807, 2.05) is 0 Å². The van der Waals surface area contributed by atoms with Gasteiger partial charge in [0.15, 0.2) is 5.69 Å². The van der Waals surface area contributed by atoms with Crippen molar-refractivity contribution in [3.8, 4) is 0 Å². The number of aromatic nitrogens is 1. The zero-order valence-electron chi connectivity index (χ0n) is 8.60. The average molecular weight is 239 g/mol. The number of hydrogen-bond donors (Lipinski definition) is 3. The van der Waals surface area contributed by atoms with Gasteiger partial charge in [0, 0.05) is 6.42 Å². The highest BCUT2D eigenvalue weighted by atomic mass is 16.4. The Kier molecular flexibility index (Phi) is 2.77. The number of nitrogens with zero attached hydrogens (tertiary/aromatic N) is 1. The number of amides is 2. The van der Waals surface area contributed by atoms with E-state index >= 15 is 0 Å². The van der Waals surface area contributed by atoms with Crippen LogP contribution < -0.4 is 10.6 Å². The quantitative estimate of drug-likeness (QED) is 0.613. The average Bonchev–Trinajstić information content (AvgIpc) is 2.71. The number of nitrogens with one attached hydrogen (secondary N) is 2. The molecule has 3 N–H and O–H groups in total. The van der Waals surface area contributed by atoms with Gasteiger partial charge in [0.1, 0.15) is 12.3 Å². The molecule has 1 fully saturated rings. The first-order valence-corrected chi connectivity index (χ1v) is 4.85. The molecule has 1 aliphatic heterocycles. The SMILES string of the molecule is O=C1CCC(Nc2nc(C(=O)O)co2)C(=O)N1. The lowest BCUT2D eigenvalue weighted by Crippen LogP contribution is -2.47. The fraction of sp³-hybridized carbons (Fsp3) is 0.333. The second-order valence-corrected chi connectivity index (χ2v) is 3.49. The van der Waals surface area contributed by atoms with Gasteiger partial charge < -0.3 is 14.8 Å². The van der Waals surface area contributed by atoms with E-state index in [1.165, 1.54) is 0 Å². The maximum atomic E-state index is 11.4. The van der Waals surface area contributed by atoms with Crippen molar-refractivity contribution in [2.75, 3.05) is 5.32 Å². The van der Waals surface area contributed by atoms with Crippen LogP contribution in [0.4, 0.5) is 6.01 Å². The first kappa shape index (κ1) is 11.1. The van der Waals surface area contributed by atoms with E-state index < -0.39 is 17.9 Å². The van der Waals surface area contributed by atoms with Gasteiger partial charge in [-0.3, -0.25) is 14.9 Å². The summed E-state index contributed by atoms with van der Waals surface area (Å²) in [6.07, 6.45) is 1.50. The number of carboxylic acids is 1. The molecule has 1 aromatic rings. The lowest BCUT2D eigenvalue weighted by atomic mass is 10.1. The number of rotatable bonds is 3. The Hall–Kier alpha value is -2.38. The third-order valence-corrected chi connectivity index (χ3v) is 2.26. The lowest BCUT2D eigenvalue weighted by molar-refractivity contribution is -0.133. The minimum Gasteiger partial charge on any atom is -0.476 e. The van der Waals surface area contributed by atoms with E-state index in [0.29, 0.717) is 6.42 Å². The number of carbonyl (C=O) groups is 3. The van der Waals surface area contributed by atoms with Crippen LogP contribution in [-0.2, 0) is 9.59 Å². The molecule has 0 bridgehead atoms. The Balaban J connectivity index is 2.02. The number of carbonyl (C=O) groups excluding carboxylic acids is 2. The highest BCUT2D eigenvalue weighted by molar-refractivity contribution is 6.01. The summed E-state index contributed by atoms with van der Waals surface area (Å²) in [5.74, 6) is -2.02. The number of aromatic carboxylic acids is 1. The van der Waals surface area contributed by atoms with Gasteiger partial charge in [-0.05, 0) is 6.42 Å². The summed E-state index contributed by atoms with van der Waals surface area (Å²) in [5, 5.41) is 13.4. The van der Waals surface area contributed by atoms with Crippen molar-refractivity contribution in [1.29, 1.82) is 0 Å². The number of piperidine rings is 1. The highest BCUT2D eigenvalue weighted by Gasteiger charge is 2.27. The van der Waals surface area contributed by atoms with Crippen molar-refractivity contribution >= 4 is 23.8 Å². The third kappa shape index (κ3) is 2.41. The summed E-state index contributed by atoms with van der Waals surface area (Å²) in [6.45, 7) is 0. The molecule has 1 aliphatic rings. The van der Waals surface area contributed by atoms with Gasteiger partial charge in [-0.15, -0.1) is 0 Å². The molecule has 0 spiro atoms. The zero-order chi connectivity index (χ0) is 12.4. The number of carboxylic acid groups (broad SMARTS) is 1.